The fourth-order valence-corrected chi connectivity index (χ4v) is 3.59. The van der Waals surface area contributed by atoms with Crippen molar-refractivity contribution in [2.24, 2.45) is 0 Å². The van der Waals surface area contributed by atoms with Crippen LogP contribution in [0.3, 0.4) is 0 Å². The van der Waals surface area contributed by atoms with Gasteiger partial charge in [0, 0.05) is 11.6 Å². The van der Waals surface area contributed by atoms with E-state index in [-0.39, 0.29) is 22.1 Å². The minimum atomic E-state index is -0.618. The number of ether oxygens (including phenoxy) is 2. The van der Waals surface area contributed by atoms with Crippen molar-refractivity contribution in [1.29, 1.82) is 0 Å². The van der Waals surface area contributed by atoms with Crippen LogP contribution >= 0.6 is 11.6 Å². The van der Waals surface area contributed by atoms with Crippen molar-refractivity contribution in [1.82, 2.24) is 0 Å². The lowest BCUT2D eigenvalue weighted by Gasteiger charge is -2.14. The topological polar surface area (TPSA) is 78.7 Å². The van der Waals surface area contributed by atoms with Gasteiger partial charge < -0.3 is 9.47 Å². The predicted octanol–water partition coefficient (Wildman–Crippen LogP) is 7.30. The number of carbonyl (C=O) groups is 1. The second-order valence-corrected chi connectivity index (χ2v) is 8.28. The number of nitrogens with zero attached hydrogens (tertiary/aromatic N) is 1. The third kappa shape index (κ3) is 6.58. The number of carbonyl (C=O) groups excluding carboxylic acids is 1. The first-order valence-electron chi connectivity index (χ1n) is 11.1. The van der Waals surface area contributed by atoms with Gasteiger partial charge in [-0.2, -0.15) is 0 Å². The molecule has 0 aliphatic heterocycles. The van der Waals surface area contributed by atoms with Crippen LogP contribution in [0.15, 0.2) is 103 Å². The Kier molecular flexibility index (Phi) is 8.11. The number of hydrogen-bond acceptors (Lipinski definition) is 5. The molecule has 0 radical (unpaired) electrons. The summed E-state index contributed by atoms with van der Waals surface area (Å²) in [6.45, 7) is 0.731. The van der Waals surface area contributed by atoms with Gasteiger partial charge in [-0.15, -0.1) is 0 Å². The molecule has 0 heterocycles. The second kappa shape index (κ2) is 11.8. The number of rotatable bonds is 10. The first-order chi connectivity index (χ1) is 17.5. The van der Waals surface area contributed by atoms with Gasteiger partial charge in [-0.25, -0.2) is 0 Å². The van der Waals surface area contributed by atoms with E-state index < -0.39 is 4.92 Å². The van der Waals surface area contributed by atoms with E-state index in [4.69, 9.17) is 21.1 Å². The molecule has 0 N–H and O–H groups in total. The Balaban J connectivity index is 1.54. The Hall–Kier alpha value is -4.42. The van der Waals surface area contributed by atoms with E-state index in [9.17, 15) is 14.9 Å². The molecule has 0 unspecified atom stereocenters. The van der Waals surface area contributed by atoms with E-state index in [1.54, 1.807) is 18.2 Å². The summed E-state index contributed by atoms with van der Waals surface area (Å²) in [4.78, 5) is 23.1. The molecular weight excluding hydrogens is 478 g/mol. The van der Waals surface area contributed by atoms with Crippen LogP contribution < -0.4 is 9.47 Å². The molecule has 0 fully saturated rings. The minimum absolute atomic E-state index is 0.0215. The third-order valence-electron chi connectivity index (χ3n) is 5.30. The Labute approximate surface area is 213 Å². The van der Waals surface area contributed by atoms with Crippen LogP contribution in [-0.4, -0.2) is 10.7 Å². The molecule has 4 aromatic rings. The van der Waals surface area contributed by atoms with Crippen LogP contribution in [0.4, 0.5) is 5.69 Å². The molecule has 0 aliphatic rings. The number of nitro benzene ring substituents is 1. The molecule has 4 aromatic carbocycles. The first kappa shape index (κ1) is 24.7. The lowest BCUT2D eigenvalue weighted by atomic mass is 10.1. The maximum Gasteiger partial charge on any atom is 0.288 e. The summed E-state index contributed by atoms with van der Waals surface area (Å²) in [6, 6.07) is 28.9. The fourth-order valence-electron chi connectivity index (χ4n) is 3.40. The Morgan fingerprint density at radius 3 is 2.03 bits per heavy atom. The standard InChI is InChI=1S/C29H22ClNO5/c30-25-14-13-24(18-26(25)31(33)34)27(32)15-11-21-12-16-28(35-19-22-7-3-1-4-8-22)29(17-21)36-20-23-9-5-2-6-10-23/h1-18H,19-20H2. The molecule has 6 nitrogen and oxygen atoms in total. The van der Waals surface area contributed by atoms with E-state index in [0.717, 1.165) is 11.1 Å². The van der Waals surface area contributed by atoms with Gasteiger partial charge in [0.15, 0.2) is 17.3 Å². The predicted molar refractivity (Wildman–Crippen MR) is 139 cm³/mol. The van der Waals surface area contributed by atoms with Crippen LogP contribution in [0.1, 0.15) is 27.0 Å². The molecule has 4 rings (SSSR count). The molecule has 0 aromatic heterocycles. The summed E-state index contributed by atoms with van der Waals surface area (Å²) in [7, 11) is 0. The molecule has 180 valence electrons. The van der Waals surface area contributed by atoms with Gasteiger partial charge in [0.1, 0.15) is 18.2 Å². The lowest BCUT2D eigenvalue weighted by molar-refractivity contribution is -0.384. The molecule has 0 spiro atoms. The van der Waals surface area contributed by atoms with Crippen molar-refractivity contribution in [3.05, 3.63) is 141 Å². The monoisotopic (exact) mass is 499 g/mol. The maximum absolute atomic E-state index is 12.6. The van der Waals surface area contributed by atoms with Gasteiger partial charge >= 0.3 is 0 Å². The number of benzene rings is 4. The molecule has 0 saturated heterocycles. The highest BCUT2D eigenvalue weighted by Gasteiger charge is 2.15. The van der Waals surface area contributed by atoms with Crippen LogP contribution in [-0.2, 0) is 13.2 Å². The maximum atomic E-state index is 12.6. The van der Waals surface area contributed by atoms with Gasteiger partial charge in [0.2, 0.25) is 0 Å². The number of halogens is 1. The van der Waals surface area contributed by atoms with Gasteiger partial charge in [0.05, 0.1) is 4.92 Å². The number of hydrogen-bond donors (Lipinski definition) is 0. The first-order valence-corrected chi connectivity index (χ1v) is 11.5. The van der Waals surface area contributed by atoms with Crippen LogP contribution in [0.25, 0.3) is 6.08 Å². The van der Waals surface area contributed by atoms with Crippen LogP contribution in [0.5, 0.6) is 11.5 Å². The summed E-state index contributed by atoms with van der Waals surface area (Å²) in [5, 5.41) is 11.1. The molecule has 0 aliphatic carbocycles. The van der Waals surface area contributed by atoms with E-state index in [1.807, 2.05) is 66.7 Å². The third-order valence-corrected chi connectivity index (χ3v) is 5.62. The van der Waals surface area contributed by atoms with E-state index >= 15 is 0 Å². The summed E-state index contributed by atoms with van der Waals surface area (Å²) >= 11 is 5.84. The minimum Gasteiger partial charge on any atom is -0.485 e. The SMILES string of the molecule is O=C(C=Cc1ccc(OCc2ccccc2)c(OCc2ccccc2)c1)c1ccc(Cl)c([N+](=O)[O-])c1. The number of allylic oxidation sites excluding steroid dienone is 1. The average Bonchev–Trinajstić information content (AvgIpc) is 2.91. The zero-order valence-corrected chi connectivity index (χ0v) is 19.9. The van der Waals surface area contributed by atoms with Gasteiger partial charge in [0.25, 0.3) is 5.69 Å². The summed E-state index contributed by atoms with van der Waals surface area (Å²) in [6.07, 6.45) is 2.98. The largest absolute Gasteiger partial charge is 0.485 e. The fraction of sp³-hybridized carbons (Fsp3) is 0.0690. The van der Waals surface area contributed by atoms with E-state index in [1.165, 1.54) is 24.3 Å². The van der Waals surface area contributed by atoms with Crippen LogP contribution in [0, 0.1) is 10.1 Å². The average molecular weight is 500 g/mol. The number of ketones is 1. The van der Waals surface area contributed by atoms with Crippen molar-refractivity contribution < 1.29 is 19.2 Å². The smallest absolute Gasteiger partial charge is 0.288 e. The molecule has 0 bridgehead atoms. The number of nitro groups is 1. The zero-order valence-electron chi connectivity index (χ0n) is 19.2. The van der Waals surface area contributed by atoms with Gasteiger partial charge in [-0.05, 0) is 47.0 Å². The van der Waals surface area contributed by atoms with E-state index in [0.29, 0.717) is 30.3 Å². The zero-order chi connectivity index (χ0) is 25.3. The molecule has 7 heteroatoms. The highest BCUT2D eigenvalue weighted by molar-refractivity contribution is 6.32. The molecule has 0 atom stereocenters. The summed E-state index contributed by atoms with van der Waals surface area (Å²) < 4.78 is 12.1. The highest BCUT2D eigenvalue weighted by Crippen LogP contribution is 2.31. The summed E-state index contributed by atoms with van der Waals surface area (Å²) in [5.41, 5.74) is 2.60. The van der Waals surface area contributed by atoms with Gasteiger partial charge in [-0.3, -0.25) is 14.9 Å². The lowest BCUT2D eigenvalue weighted by Crippen LogP contribution is -2.01. The molecular formula is C29H22ClNO5. The Bertz CT molecular complexity index is 1390. The van der Waals surface area contributed by atoms with Crippen molar-refractivity contribution in [2.75, 3.05) is 0 Å². The van der Waals surface area contributed by atoms with Gasteiger partial charge in [-0.1, -0.05) is 84.4 Å². The quantitative estimate of drug-likeness (QED) is 0.0989. The molecule has 36 heavy (non-hydrogen) atoms. The Morgan fingerprint density at radius 2 is 1.42 bits per heavy atom. The summed E-state index contributed by atoms with van der Waals surface area (Å²) in [5.74, 6) is 0.726. The van der Waals surface area contributed by atoms with Crippen LogP contribution in [0.2, 0.25) is 5.02 Å². The van der Waals surface area contributed by atoms with Crippen molar-refractivity contribution in [3.63, 3.8) is 0 Å². The second-order valence-electron chi connectivity index (χ2n) is 7.88. The normalized spacial score (nSPS) is 10.8. The van der Waals surface area contributed by atoms with Crippen molar-refractivity contribution >= 4 is 29.1 Å². The molecule has 0 saturated carbocycles. The molecule has 0 amide bonds. The van der Waals surface area contributed by atoms with Crippen molar-refractivity contribution in [2.45, 2.75) is 13.2 Å². The Morgan fingerprint density at radius 1 is 0.806 bits per heavy atom. The van der Waals surface area contributed by atoms with E-state index in [2.05, 4.69) is 0 Å². The van der Waals surface area contributed by atoms with Crippen molar-refractivity contribution in [3.8, 4) is 11.5 Å². The highest BCUT2D eigenvalue weighted by atomic mass is 35.5.